The molecule has 1 aromatic carbocycles. The fourth-order valence-electron chi connectivity index (χ4n) is 2.88. The second-order valence-corrected chi connectivity index (χ2v) is 7.71. The van der Waals surface area contributed by atoms with E-state index in [0.29, 0.717) is 23.5 Å². The first-order valence-corrected chi connectivity index (χ1v) is 9.29. The van der Waals surface area contributed by atoms with Crippen LogP contribution < -0.4 is 9.64 Å². The lowest BCUT2D eigenvalue weighted by Crippen LogP contribution is -2.42. The van der Waals surface area contributed by atoms with Gasteiger partial charge < -0.3 is 9.64 Å². The van der Waals surface area contributed by atoms with Crippen LogP contribution in [0.15, 0.2) is 51.7 Å². The van der Waals surface area contributed by atoms with Crippen LogP contribution in [0, 0.1) is 0 Å². The predicted octanol–water partition coefficient (Wildman–Crippen LogP) is 4.58. The molecule has 0 saturated heterocycles. The highest BCUT2D eigenvalue weighted by Crippen LogP contribution is 2.36. The van der Waals surface area contributed by atoms with Crippen molar-refractivity contribution in [2.24, 2.45) is 0 Å². The number of amides is 1. The summed E-state index contributed by atoms with van der Waals surface area (Å²) < 4.78 is 7.62. The lowest BCUT2D eigenvalue weighted by atomic mass is 10.1. The Kier molecular flexibility index (Phi) is 4.21. The average molecular weight is 463 g/mol. The Hall–Kier alpha value is -1.99. The number of nitrogens with zero attached hydrogens (tertiary/aromatic N) is 3. The minimum atomic E-state index is -0.104. The van der Waals surface area contributed by atoms with Gasteiger partial charge in [-0.15, -0.1) is 0 Å². The highest BCUT2D eigenvalue weighted by molar-refractivity contribution is 9.10. The Morgan fingerprint density at radius 2 is 1.96 bits per heavy atom. The molecule has 0 saturated carbocycles. The van der Waals surface area contributed by atoms with Gasteiger partial charge in [-0.1, -0.05) is 15.9 Å². The molecule has 0 bridgehead atoms. The lowest BCUT2D eigenvalue weighted by molar-refractivity contribution is 0.0961. The summed E-state index contributed by atoms with van der Waals surface area (Å²) in [6, 6.07) is 9.39. The van der Waals surface area contributed by atoms with Gasteiger partial charge in [0.15, 0.2) is 5.65 Å². The number of aromatic nitrogens is 2. The maximum atomic E-state index is 13.1. The number of hydrogen-bond acceptors (Lipinski definition) is 4. The van der Waals surface area contributed by atoms with Gasteiger partial charge in [0.1, 0.15) is 11.9 Å². The molecular weight excluding hydrogens is 450 g/mol. The van der Waals surface area contributed by atoms with E-state index in [2.05, 4.69) is 41.8 Å². The van der Waals surface area contributed by atoms with Gasteiger partial charge in [-0.05, 0) is 53.2 Å². The summed E-state index contributed by atoms with van der Waals surface area (Å²) in [4.78, 5) is 23.4. The van der Waals surface area contributed by atoms with Crippen molar-refractivity contribution in [3.63, 3.8) is 0 Å². The lowest BCUT2D eigenvalue weighted by Gasteiger charge is -2.33. The summed E-state index contributed by atoms with van der Waals surface area (Å²) in [6.07, 6.45) is 3.17. The zero-order chi connectivity index (χ0) is 17.6. The number of carbonyl (C=O) groups excluding carboxylic acids is 1. The summed E-state index contributed by atoms with van der Waals surface area (Å²) in [7, 11) is 0. The van der Waals surface area contributed by atoms with Crippen molar-refractivity contribution >= 4 is 54.5 Å². The molecule has 0 N–H and O–H groups in total. The first-order valence-electron chi connectivity index (χ1n) is 7.70. The molecule has 0 spiro atoms. The van der Waals surface area contributed by atoms with Gasteiger partial charge in [-0.25, -0.2) is 9.97 Å². The maximum Gasteiger partial charge on any atom is 0.260 e. The Balaban J connectivity index is 1.76. The number of fused-ring (bicyclic) bond motifs is 2. The Morgan fingerprint density at radius 1 is 1.16 bits per heavy atom. The summed E-state index contributed by atoms with van der Waals surface area (Å²) >= 11 is 6.84. The molecule has 1 unspecified atom stereocenters. The summed E-state index contributed by atoms with van der Waals surface area (Å²) in [5.41, 5.74) is 1.90. The maximum absolute atomic E-state index is 13.1. The van der Waals surface area contributed by atoms with E-state index in [1.54, 1.807) is 17.3 Å². The van der Waals surface area contributed by atoms with E-state index in [-0.39, 0.29) is 12.0 Å². The minimum absolute atomic E-state index is 0.0880. The molecule has 1 atom stereocenters. The Morgan fingerprint density at radius 3 is 2.80 bits per heavy atom. The molecule has 1 aliphatic heterocycles. The normalized spacial score (nSPS) is 16.4. The van der Waals surface area contributed by atoms with Crippen LogP contribution in [0.25, 0.3) is 11.0 Å². The molecule has 3 aromatic rings. The van der Waals surface area contributed by atoms with Crippen molar-refractivity contribution in [1.29, 1.82) is 0 Å². The SMILES string of the molecule is CC1CN(C(=O)c2cnc3ncc(Br)cc3c2)c2ccc(Br)cc2O1. The zero-order valence-electron chi connectivity index (χ0n) is 13.2. The number of halogens is 2. The standard InChI is InChI=1S/C18H13Br2N3O2/c1-10-9-23(15-3-2-13(19)6-16(15)25-10)18(24)12-4-11-5-14(20)8-22-17(11)21-7-12/h2-8,10H,9H2,1H3. The molecule has 0 fully saturated rings. The van der Waals surface area contributed by atoms with E-state index >= 15 is 0 Å². The number of pyridine rings is 2. The molecule has 4 rings (SSSR count). The number of ether oxygens (including phenoxy) is 1. The zero-order valence-corrected chi connectivity index (χ0v) is 16.4. The van der Waals surface area contributed by atoms with Gasteiger partial charge in [0.2, 0.25) is 0 Å². The highest BCUT2D eigenvalue weighted by Gasteiger charge is 2.28. The van der Waals surface area contributed by atoms with E-state index in [1.165, 1.54) is 0 Å². The van der Waals surface area contributed by atoms with Crippen LogP contribution >= 0.6 is 31.9 Å². The van der Waals surface area contributed by atoms with Crippen LogP contribution in [0.4, 0.5) is 5.69 Å². The highest BCUT2D eigenvalue weighted by atomic mass is 79.9. The van der Waals surface area contributed by atoms with Gasteiger partial charge in [0.05, 0.1) is 17.8 Å². The Labute approximate surface area is 161 Å². The number of benzene rings is 1. The molecule has 0 radical (unpaired) electrons. The smallest absolute Gasteiger partial charge is 0.260 e. The second kappa shape index (κ2) is 6.38. The largest absolute Gasteiger partial charge is 0.487 e. The van der Waals surface area contributed by atoms with Crippen LogP contribution in [-0.4, -0.2) is 28.5 Å². The fraction of sp³-hybridized carbons (Fsp3) is 0.167. The third-order valence-electron chi connectivity index (χ3n) is 3.97. The van der Waals surface area contributed by atoms with Gasteiger partial charge in [-0.2, -0.15) is 0 Å². The number of anilines is 1. The van der Waals surface area contributed by atoms with Crippen molar-refractivity contribution in [3.05, 3.63) is 57.2 Å². The van der Waals surface area contributed by atoms with E-state index in [1.807, 2.05) is 37.3 Å². The number of rotatable bonds is 1. The van der Waals surface area contributed by atoms with E-state index in [9.17, 15) is 4.79 Å². The molecule has 3 heterocycles. The molecule has 1 amide bonds. The fourth-order valence-corrected chi connectivity index (χ4v) is 3.57. The van der Waals surface area contributed by atoms with Crippen molar-refractivity contribution in [3.8, 4) is 5.75 Å². The van der Waals surface area contributed by atoms with Crippen molar-refractivity contribution in [1.82, 2.24) is 9.97 Å². The minimum Gasteiger partial charge on any atom is -0.487 e. The van der Waals surface area contributed by atoms with Gasteiger partial charge >= 0.3 is 0 Å². The van der Waals surface area contributed by atoms with E-state index in [0.717, 1.165) is 20.0 Å². The van der Waals surface area contributed by atoms with Crippen LogP contribution in [0.2, 0.25) is 0 Å². The van der Waals surface area contributed by atoms with Gasteiger partial charge in [0, 0.05) is 26.7 Å². The molecule has 2 aromatic heterocycles. The van der Waals surface area contributed by atoms with Crippen LogP contribution in [0.3, 0.4) is 0 Å². The first kappa shape index (κ1) is 16.5. The molecule has 1 aliphatic rings. The molecule has 7 heteroatoms. The quantitative estimate of drug-likeness (QED) is 0.531. The molecule has 5 nitrogen and oxygen atoms in total. The van der Waals surface area contributed by atoms with Gasteiger partial charge in [-0.3, -0.25) is 4.79 Å². The monoisotopic (exact) mass is 461 g/mol. The first-order chi connectivity index (χ1) is 12.0. The summed E-state index contributed by atoms with van der Waals surface area (Å²) in [5, 5.41) is 0.817. The van der Waals surface area contributed by atoms with Crippen LogP contribution in [0.5, 0.6) is 5.75 Å². The Bertz CT molecular complexity index is 993. The predicted molar refractivity (Wildman–Crippen MR) is 103 cm³/mol. The van der Waals surface area contributed by atoms with E-state index < -0.39 is 0 Å². The summed E-state index contributed by atoms with van der Waals surface area (Å²) in [5.74, 6) is 0.590. The van der Waals surface area contributed by atoms with Crippen molar-refractivity contribution < 1.29 is 9.53 Å². The van der Waals surface area contributed by atoms with E-state index in [4.69, 9.17) is 4.74 Å². The average Bonchev–Trinajstić information content (AvgIpc) is 2.59. The number of hydrogen-bond donors (Lipinski definition) is 0. The topological polar surface area (TPSA) is 55.3 Å². The van der Waals surface area contributed by atoms with Crippen molar-refractivity contribution in [2.45, 2.75) is 13.0 Å². The third-order valence-corrected chi connectivity index (χ3v) is 4.90. The van der Waals surface area contributed by atoms with Crippen LogP contribution in [-0.2, 0) is 0 Å². The van der Waals surface area contributed by atoms with Crippen molar-refractivity contribution in [2.75, 3.05) is 11.4 Å². The van der Waals surface area contributed by atoms with Gasteiger partial charge in [0.25, 0.3) is 5.91 Å². The molecule has 126 valence electrons. The number of carbonyl (C=O) groups is 1. The summed E-state index contributed by atoms with van der Waals surface area (Å²) in [6.45, 7) is 2.44. The second-order valence-electron chi connectivity index (χ2n) is 5.88. The molecule has 25 heavy (non-hydrogen) atoms. The van der Waals surface area contributed by atoms with Crippen LogP contribution in [0.1, 0.15) is 17.3 Å². The third kappa shape index (κ3) is 3.14. The molecular formula is C18H13Br2N3O2. The molecule has 0 aliphatic carbocycles.